The lowest BCUT2D eigenvalue weighted by molar-refractivity contribution is 0.140. The third kappa shape index (κ3) is 3.91. The van der Waals surface area contributed by atoms with Gasteiger partial charge in [-0.3, -0.25) is 0 Å². The van der Waals surface area contributed by atoms with E-state index in [2.05, 4.69) is 5.32 Å². The zero-order chi connectivity index (χ0) is 12.0. The molecule has 0 saturated carbocycles. The van der Waals surface area contributed by atoms with Crippen LogP contribution >= 0.6 is 0 Å². The van der Waals surface area contributed by atoms with E-state index < -0.39 is 0 Å². The molecule has 16 heavy (non-hydrogen) atoms. The van der Waals surface area contributed by atoms with Crippen LogP contribution in [0.25, 0.3) is 0 Å². The summed E-state index contributed by atoms with van der Waals surface area (Å²) in [5.41, 5.74) is 2.57. The second kappa shape index (κ2) is 6.61. The van der Waals surface area contributed by atoms with Crippen LogP contribution in [0.4, 0.5) is 4.39 Å². The summed E-state index contributed by atoms with van der Waals surface area (Å²) in [6.45, 7) is 5.87. The minimum Gasteiger partial charge on any atom is -0.380 e. The van der Waals surface area contributed by atoms with E-state index in [1.54, 1.807) is 13.8 Å². The first-order chi connectivity index (χ1) is 7.65. The van der Waals surface area contributed by atoms with Crippen molar-refractivity contribution in [1.82, 2.24) is 5.32 Å². The molecule has 0 heterocycles. The summed E-state index contributed by atoms with van der Waals surface area (Å²) in [7, 11) is 1.90. The Labute approximate surface area is 96.8 Å². The lowest BCUT2D eigenvalue weighted by Crippen LogP contribution is -2.15. The standard InChI is InChI=1S/C13H20FNO/c1-10-8-12(9-11(2)13(10)14)4-6-16-7-5-15-3/h8-9,15H,4-7H2,1-3H3. The summed E-state index contributed by atoms with van der Waals surface area (Å²) in [4.78, 5) is 0. The van der Waals surface area contributed by atoms with Gasteiger partial charge in [0.2, 0.25) is 0 Å². The molecule has 0 saturated heterocycles. The molecule has 0 amide bonds. The average molecular weight is 225 g/mol. The lowest BCUT2D eigenvalue weighted by Gasteiger charge is -2.07. The number of hydrogen-bond acceptors (Lipinski definition) is 2. The summed E-state index contributed by atoms with van der Waals surface area (Å²) in [6.07, 6.45) is 0.839. The van der Waals surface area contributed by atoms with Crippen molar-refractivity contribution in [2.75, 3.05) is 26.8 Å². The third-order valence-corrected chi connectivity index (χ3v) is 2.53. The van der Waals surface area contributed by atoms with Gasteiger partial charge in [-0.25, -0.2) is 4.39 Å². The molecule has 0 spiro atoms. The van der Waals surface area contributed by atoms with Crippen LogP contribution in [0.1, 0.15) is 16.7 Å². The number of ether oxygens (including phenoxy) is 1. The maximum Gasteiger partial charge on any atom is 0.129 e. The quantitative estimate of drug-likeness (QED) is 0.750. The van der Waals surface area contributed by atoms with Crippen molar-refractivity contribution in [3.8, 4) is 0 Å². The fourth-order valence-corrected chi connectivity index (χ4v) is 1.65. The second-order valence-corrected chi connectivity index (χ2v) is 4.01. The second-order valence-electron chi connectivity index (χ2n) is 4.01. The van der Waals surface area contributed by atoms with Gasteiger partial charge in [-0.1, -0.05) is 12.1 Å². The average Bonchev–Trinajstić information content (AvgIpc) is 2.25. The van der Waals surface area contributed by atoms with E-state index >= 15 is 0 Å². The van der Waals surface area contributed by atoms with Crippen LogP contribution in [0.3, 0.4) is 0 Å². The molecule has 1 aromatic rings. The van der Waals surface area contributed by atoms with E-state index in [4.69, 9.17) is 4.74 Å². The molecular formula is C13H20FNO. The molecule has 0 aromatic heterocycles. The van der Waals surface area contributed by atoms with E-state index in [-0.39, 0.29) is 5.82 Å². The first-order valence-corrected chi connectivity index (χ1v) is 5.63. The van der Waals surface area contributed by atoms with Gasteiger partial charge in [0, 0.05) is 6.54 Å². The maximum atomic E-state index is 13.4. The molecule has 0 atom stereocenters. The summed E-state index contributed by atoms with van der Waals surface area (Å²) < 4.78 is 18.8. The Morgan fingerprint density at radius 1 is 1.19 bits per heavy atom. The topological polar surface area (TPSA) is 21.3 Å². The molecule has 1 aromatic carbocycles. The van der Waals surface area contributed by atoms with Crippen LogP contribution in [-0.4, -0.2) is 26.8 Å². The van der Waals surface area contributed by atoms with Crippen LogP contribution in [-0.2, 0) is 11.2 Å². The highest BCUT2D eigenvalue weighted by molar-refractivity contribution is 5.30. The van der Waals surface area contributed by atoms with Crippen molar-refractivity contribution in [3.63, 3.8) is 0 Å². The predicted octanol–water partition coefficient (Wildman–Crippen LogP) is 2.22. The van der Waals surface area contributed by atoms with Crippen molar-refractivity contribution in [2.45, 2.75) is 20.3 Å². The van der Waals surface area contributed by atoms with E-state index in [9.17, 15) is 4.39 Å². The van der Waals surface area contributed by atoms with Crippen molar-refractivity contribution in [2.24, 2.45) is 0 Å². The van der Waals surface area contributed by atoms with E-state index in [0.29, 0.717) is 17.7 Å². The molecule has 0 aliphatic heterocycles. The smallest absolute Gasteiger partial charge is 0.129 e. The van der Waals surface area contributed by atoms with Gasteiger partial charge in [0.25, 0.3) is 0 Å². The first kappa shape index (κ1) is 13.1. The fourth-order valence-electron chi connectivity index (χ4n) is 1.65. The van der Waals surface area contributed by atoms with Gasteiger partial charge in [-0.05, 0) is 44.0 Å². The zero-order valence-corrected chi connectivity index (χ0v) is 10.3. The van der Waals surface area contributed by atoms with Gasteiger partial charge in [0.1, 0.15) is 5.82 Å². The van der Waals surface area contributed by atoms with Gasteiger partial charge >= 0.3 is 0 Å². The van der Waals surface area contributed by atoms with Gasteiger partial charge < -0.3 is 10.1 Å². The zero-order valence-electron chi connectivity index (χ0n) is 10.3. The van der Waals surface area contributed by atoms with Gasteiger partial charge in [-0.2, -0.15) is 0 Å². The minimum atomic E-state index is -0.0974. The normalized spacial score (nSPS) is 10.8. The lowest BCUT2D eigenvalue weighted by atomic mass is 10.0. The van der Waals surface area contributed by atoms with Crippen LogP contribution < -0.4 is 5.32 Å². The van der Waals surface area contributed by atoms with Gasteiger partial charge in [-0.15, -0.1) is 0 Å². The molecule has 0 bridgehead atoms. The minimum absolute atomic E-state index is 0.0974. The number of halogens is 1. The van der Waals surface area contributed by atoms with E-state index in [1.165, 1.54) is 0 Å². The SMILES string of the molecule is CNCCOCCc1cc(C)c(F)c(C)c1. The van der Waals surface area contributed by atoms with Crippen LogP contribution in [0.5, 0.6) is 0 Å². The summed E-state index contributed by atoms with van der Waals surface area (Å²) in [6, 6.07) is 3.79. The Kier molecular flexibility index (Phi) is 5.43. The highest BCUT2D eigenvalue weighted by Crippen LogP contribution is 2.15. The molecule has 0 aliphatic carbocycles. The van der Waals surface area contributed by atoms with Crippen molar-refractivity contribution in [3.05, 3.63) is 34.6 Å². The van der Waals surface area contributed by atoms with Crippen LogP contribution in [0, 0.1) is 19.7 Å². The van der Waals surface area contributed by atoms with Crippen LogP contribution in [0.15, 0.2) is 12.1 Å². The Morgan fingerprint density at radius 3 is 2.38 bits per heavy atom. The van der Waals surface area contributed by atoms with Crippen LogP contribution in [0.2, 0.25) is 0 Å². The number of benzene rings is 1. The molecule has 0 aliphatic rings. The first-order valence-electron chi connectivity index (χ1n) is 5.63. The molecule has 3 heteroatoms. The number of likely N-dealkylation sites (N-methyl/N-ethyl adjacent to an activating group) is 1. The molecular weight excluding hydrogens is 205 g/mol. The number of aryl methyl sites for hydroxylation is 2. The maximum absolute atomic E-state index is 13.4. The Bertz CT molecular complexity index is 316. The van der Waals surface area contributed by atoms with Crippen molar-refractivity contribution >= 4 is 0 Å². The monoisotopic (exact) mass is 225 g/mol. The molecule has 0 fully saturated rings. The molecule has 0 unspecified atom stereocenters. The van der Waals surface area contributed by atoms with E-state index in [0.717, 1.165) is 25.1 Å². The number of nitrogens with one attached hydrogen (secondary N) is 1. The third-order valence-electron chi connectivity index (χ3n) is 2.53. The molecule has 0 radical (unpaired) electrons. The van der Waals surface area contributed by atoms with Crippen molar-refractivity contribution < 1.29 is 9.13 Å². The summed E-state index contributed by atoms with van der Waals surface area (Å²) >= 11 is 0. The molecule has 90 valence electrons. The highest BCUT2D eigenvalue weighted by atomic mass is 19.1. The largest absolute Gasteiger partial charge is 0.380 e. The number of rotatable bonds is 6. The van der Waals surface area contributed by atoms with E-state index in [1.807, 2.05) is 19.2 Å². The van der Waals surface area contributed by atoms with Gasteiger partial charge in [0.15, 0.2) is 0 Å². The summed E-state index contributed by atoms with van der Waals surface area (Å²) in [5, 5.41) is 3.02. The van der Waals surface area contributed by atoms with Crippen molar-refractivity contribution in [1.29, 1.82) is 0 Å². The fraction of sp³-hybridized carbons (Fsp3) is 0.538. The molecule has 1 N–H and O–H groups in total. The molecule has 1 rings (SSSR count). The Balaban J connectivity index is 2.43. The molecule has 2 nitrogen and oxygen atoms in total. The Morgan fingerprint density at radius 2 is 1.81 bits per heavy atom. The van der Waals surface area contributed by atoms with Gasteiger partial charge in [0.05, 0.1) is 13.2 Å². The highest BCUT2D eigenvalue weighted by Gasteiger charge is 2.03. The Hall–Kier alpha value is -0.930. The number of hydrogen-bond donors (Lipinski definition) is 1. The predicted molar refractivity (Wildman–Crippen MR) is 64.3 cm³/mol. The summed E-state index contributed by atoms with van der Waals surface area (Å²) in [5.74, 6) is -0.0974.